The molecule has 0 bridgehead atoms. The van der Waals surface area contributed by atoms with Crippen molar-refractivity contribution in [2.45, 2.75) is 58.9 Å². The third-order valence-electron chi connectivity index (χ3n) is 6.78. The molecule has 37 heavy (non-hydrogen) atoms. The van der Waals surface area contributed by atoms with Crippen LogP contribution < -0.4 is 9.64 Å². The summed E-state index contributed by atoms with van der Waals surface area (Å²) in [5.74, 6) is -0.834. The van der Waals surface area contributed by atoms with Gasteiger partial charge in [0, 0.05) is 11.3 Å². The lowest BCUT2D eigenvalue weighted by Crippen LogP contribution is -2.29. The number of carbonyl (C=O) groups excluding carboxylic acids is 2. The van der Waals surface area contributed by atoms with Crippen LogP contribution in [0.1, 0.15) is 68.3 Å². The minimum atomic E-state index is -0.733. The molecule has 192 valence electrons. The van der Waals surface area contributed by atoms with Crippen LogP contribution >= 0.6 is 0 Å². The lowest BCUT2D eigenvalue weighted by molar-refractivity contribution is -0.132. The summed E-state index contributed by atoms with van der Waals surface area (Å²) in [5, 5.41) is 11.4. The van der Waals surface area contributed by atoms with Crippen LogP contribution in [0.15, 0.2) is 78.4 Å². The standard InChI is InChI=1S/C32H35NO4/c1-4-7-8-23-11-17-26(18-12-23)33-29(24-13-9-22(6-3)10-14-24)28(31(35)32(33)36)30(34)25-15-19-27(20-16-25)37-21-5-2/h9-20,29,34H,4-8,21H2,1-3H3/b30-28+. The number of aliphatic hydroxyl groups excluding tert-OH is 1. The van der Waals surface area contributed by atoms with E-state index in [2.05, 4.69) is 13.8 Å². The fourth-order valence-electron chi connectivity index (χ4n) is 4.64. The summed E-state index contributed by atoms with van der Waals surface area (Å²) in [6.45, 7) is 6.87. The summed E-state index contributed by atoms with van der Waals surface area (Å²) in [6.07, 6.45) is 4.94. The number of aliphatic hydroxyl groups is 1. The van der Waals surface area contributed by atoms with Crippen molar-refractivity contribution in [1.29, 1.82) is 0 Å². The number of benzene rings is 3. The Balaban J connectivity index is 1.79. The summed E-state index contributed by atoms with van der Waals surface area (Å²) in [7, 11) is 0. The quantitative estimate of drug-likeness (QED) is 0.186. The number of hydrogen-bond donors (Lipinski definition) is 1. The van der Waals surface area contributed by atoms with E-state index in [1.165, 1.54) is 10.5 Å². The Hall–Kier alpha value is -3.86. The Kier molecular flexibility index (Phi) is 8.44. The lowest BCUT2D eigenvalue weighted by atomic mass is 9.94. The molecule has 3 aromatic rings. The Labute approximate surface area is 219 Å². The van der Waals surface area contributed by atoms with E-state index in [0.717, 1.165) is 43.2 Å². The normalized spacial score (nSPS) is 16.8. The number of aryl methyl sites for hydroxylation is 2. The number of rotatable bonds is 10. The number of amides is 1. The van der Waals surface area contributed by atoms with E-state index < -0.39 is 17.7 Å². The van der Waals surface area contributed by atoms with Crippen LogP contribution in [0.5, 0.6) is 5.75 Å². The molecular formula is C32H35NO4. The SMILES string of the molecule is CCCCc1ccc(N2C(=O)C(=O)/C(=C(/O)c3ccc(OCCC)cc3)C2c2ccc(CC)cc2)cc1. The van der Waals surface area contributed by atoms with E-state index in [1.54, 1.807) is 24.3 Å². The molecule has 0 aromatic heterocycles. The maximum atomic E-state index is 13.4. The summed E-state index contributed by atoms with van der Waals surface area (Å²) in [6, 6.07) is 21.9. The average Bonchev–Trinajstić information content (AvgIpc) is 3.21. The number of unbranched alkanes of at least 4 members (excludes halogenated alkanes) is 1. The smallest absolute Gasteiger partial charge is 0.300 e. The van der Waals surface area contributed by atoms with Gasteiger partial charge in [0.05, 0.1) is 18.2 Å². The van der Waals surface area contributed by atoms with Crippen molar-refractivity contribution in [2.24, 2.45) is 0 Å². The molecule has 0 saturated carbocycles. The molecule has 1 heterocycles. The van der Waals surface area contributed by atoms with Gasteiger partial charge in [-0.25, -0.2) is 0 Å². The molecule has 4 rings (SSSR count). The summed E-state index contributed by atoms with van der Waals surface area (Å²) < 4.78 is 5.65. The highest BCUT2D eigenvalue weighted by molar-refractivity contribution is 6.51. The lowest BCUT2D eigenvalue weighted by Gasteiger charge is -2.26. The molecule has 3 aromatic carbocycles. The van der Waals surface area contributed by atoms with E-state index in [9.17, 15) is 14.7 Å². The van der Waals surface area contributed by atoms with Gasteiger partial charge in [-0.1, -0.05) is 63.6 Å². The maximum absolute atomic E-state index is 13.4. The number of ether oxygens (including phenoxy) is 1. The fourth-order valence-corrected chi connectivity index (χ4v) is 4.64. The molecule has 5 nitrogen and oxygen atoms in total. The first-order chi connectivity index (χ1) is 18.0. The zero-order chi connectivity index (χ0) is 26.4. The number of anilines is 1. The maximum Gasteiger partial charge on any atom is 0.300 e. The van der Waals surface area contributed by atoms with Crippen LogP contribution in [-0.2, 0) is 22.4 Å². The summed E-state index contributed by atoms with van der Waals surface area (Å²) >= 11 is 0. The molecule has 0 radical (unpaired) electrons. The minimum Gasteiger partial charge on any atom is -0.507 e. The molecule has 0 aliphatic carbocycles. The zero-order valence-electron chi connectivity index (χ0n) is 21.9. The highest BCUT2D eigenvalue weighted by Gasteiger charge is 2.46. The second kappa shape index (κ2) is 11.9. The van der Waals surface area contributed by atoms with Gasteiger partial charge in [0.15, 0.2) is 0 Å². The first-order valence-corrected chi connectivity index (χ1v) is 13.2. The predicted molar refractivity (Wildman–Crippen MR) is 148 cm³/mol. The molecule has 0 spiro atoms. The Bertz CT molecular complexity index is 1260. The van der Waals surface area contributed by atoms with Gasteiger partial charge in [-0.3, -0.25) is 14.5 Å². The van der Waals surface area contributed by atoms with Crippen molar-refractivity contribution < 1.29 is 19.4 Å². The van der Waals surface area contributed by atoms with Gasteiger partial charge >= 0.3 is 0 Å². The number of hydrogen-bond acceptors (Lipinski definition) is 4. The molecule has 1 N–H and O–H groups in total. The van der Waals surface area contributed by atoms with Gasteiger partial charge in [-0.15, -0.1) is 0 Å². The van der Waals surface area contributed by atoms with Gasteiger partial charge in [-0.05, 0) is 78.8 Å². The number of nitrogens with zero attached hydrogens (tertiary/aromatic N) is 1. The van der Waals surface area contributed by atoms with E-state index in [4.69, 9.17) is 4.74 Å². The van der Waals surface area contributed by atoms with Crippen molar-refractivity contribution in [3.05, 3.63) is 101 Å². The largest absolute Gasteiger partial charge is 0.507 e. The number of Topliss-reactive ketones (excluding diaryl/α,β-unsaturated/α-hetero) is 1. The van der Waals surface area contributed by atoms with Gasteiger partial charge in [0.2, 0.25) is 0 Å². The van der Waals surface area contributed by atoms with Crippen LogP contribution in [0.4, 0.5) is 5.69 Å². The number of carbonyl (C=O) groups is 2. The Morgan fingerprint density at radius 3 is 2.08 bits per heavy atom. The second-order valence-corrected chi connectivity index (χ2v) is 9.41. The molecule has 1 saturated heterocycles. The van der Waals surface area contributed by atoms with E-state index in [1.807, 2.05) is 55.5 Å². The molecular weight excluding hydrogens is 462 g/mol. The topological polar surface area (TPSA) is 66.8 Å². The number of ketones is 1. The first kappa shape index (κ1) is 26.2. The van der Waals surface area contributed by atoms with Crippen molar-refractivity contribution in [3.8, 4) is 5.75 Å². The molecule has 5 heteroatoms. The molecule has 1 fully saturated rings. The zero-order valence-corrected chi connectivity index (χ0v) is 21.9. The second-order valence-electron chi connectivity index (χ2n) is 9.41. The van der Waals surface area contributed by atoms with Crippen molar-refractivity contribution in [2.75, 3.05) is 11.5 Å². The van der Waals surface area contributed by atoms with Gasteiger partial charge in [-0.2, -0.15) is 0 Å². The Morgan fingerprint density at radius 2 is 1.49 bits per heavy atom. The molecule has 1 aliphatic rings. The van der Waals surface area contributed by atoms with Crippen LogP contribution in [0.25, 0.3) is 5.76 Å². The van der Waals surface area contributed by atoms with Crippen molar-refractivity contribution in [1.82, 2.24) is 0 Å². The van der Waals surface area contributed by atoms with E-state index in [-0.39, 0.29) is 11.3 Å². The van der Waals surface area contributed by atoms with Crippen LogP contribution in [0.3, 0.4) is 0 Å². The fraction of sp³-hybridized carbons (Fsp3) is 0.312. The summed E-state index contributed by atoms with van der Waals surface area (Å²) in [5.41, 5.74) is 4.31. The first-order valence-electron chi connectivity index (χ1n) is 13.2. The third-order valence-corrected chi connectivity index (χ3v) is 6.78. The average molecular weight is 498 g/mol. The van der Waals surface area contributed by atoms with Crippen LogP contribution in [-0.4, -0.2) is 23.4 Å². The highest BCUT2D eigenvalue weighted by atomic mass is 16.5. The Morgan fingerprint density at radius 1 is 0.838 bits per heavy atom. The summed E-state index contributed by atoms with van der Waals surface area (Å²) in [4.78, 5) is 28.3. The van der Waals surface area contributed by atoms with E-state index >= 15 is 0 Å². The highest BCUT2D eigenvalue weighted by Crippen LogP contribution is 2.42. The van der Waals surface area contributed by atoms with Gasteiger partial charge < -0.3 is 9.84 Å². The van der Waals surface area contributed by atoms with E-state index in [0.29, 0.717) is 23.6 Å². The predicted octanol–water partition coefficient (Wildman–Crippen LogP) is 7.01. The van der Waals surface area contributed by atoms with Crippen molar-refractivity contribution in [3.63, 3.8) is 0 Å². The monoisotopic (exact) mass is 497 g/mol. The minimum absolute atomic E-state index is 0.0894. The molecule has 1 aliphatic heterocycles. The third kappa shape index (κ3) is 5.61. The van der Waals surface area contributed by atoms with Crippen LogP contribution in [0, 0.1) is 0 Å². The van der Waals surface area contributed by atoms with Crippen LogP contribution in [0.2, 0.25) is 0 Å². The molecule has 1 unspecified atom stereocenters. The molecule has 1 atom stereocenters. The molecule has 1 amide bonds. The van der Waals surface area contributed by atoms with Crippen molar-refractivity contribution >= 4 is 23.1 Å². The van der Waals surface area contributed by atoms with Gasteiger partial charge in [0.25, 0.3) is 11.7 Å². The van der Waals surface area contributed by atoms with Gasteiger partial charge in [0.1, 0.15) is 11.5 Å².